The molecule has 1 saturated carbocycles. The van der Waals surface area contributed by atoms with Crippen LogP contribution in [0.5, 0.6) is 0 Å². The van der Waals surface area contributed by atoms with Crippen molar-refractivity contribution in [3.8, 4) is 0 Å². The Labute approximate surface area is 122 Å². The van der Waals surface area contributed by atoms with Gasteiger partial charge in [-0.1, -0.05) is 45.7 Å². The van der Waals surface area contributed by atoms with Crippen molar-refractivity contribution < 1.29 is 4.52 Å². The average molecular weight is 279 g/mol. The average Bonchev–Trinajstić information content (AvgIpc) is 3.03. The summed E-state index contributed by atoms with van der Waals surface area (Å²) in [4.78, 5) is 4.64. The number of hydrogen-bond donors (Lipinski definition) is 1. The molecule has 0 aliphatic heterocycles. The standard InChI is InChI=1S/C16H29N3O/c1-5-10-17-13(16(2,3)4)11-14-18-15(19-20-14)12-8-6-7-9-12/h12-13,17H,5-11H2,1-4H3. The van der Waals surface area contributed by atoms with E-state index in [9.17, 15) is 0 Å². The number of aromatic nitrogens is 2. The molecule has 0 amide bonds. The highest BCUT2D eigenvalue weighted by Crippen LogP contribution is 2.32. The summed E-state index contributed by atoms with van der Waals surface area (Å²) in [5, 5.41) is 7.81. The first kappa shape index (κ1) is 15.5. The third kappa shape index (κ3) is 4.05. The maximum absolute atomic E-state index is 5.48. The molecule has 1 heterocycles. The van der Waals surface area contributed by atoms with Gasteiger partial charge in [-0.15, -0.1) is 0 Å². The molecule has 0 radical (unpaired) electrons. The largest absolute Gasteiger partial charge is 0.339 e. The molecule has 1 unspecified atom stereocenters. The molecule has 4 nitrogen and oxygen atoms in total. The van der Waals surface area contributed by atoms with Gasteiger partial charge in [0.1, 0.15) is 0 Å². The van der Waals surface area contributed by atoms with E-state index in [0.29, 0.717) is 12.0 Å². The van der Waals surface area contributed by atoms with Gasteiger partial charge >= 0.3 is 0 Å². The third-order valence-corrected chi connectivity index (χ3v) is 4.27. The Balaban J connectivity index is 1.99. The van der Waals surface area contributed by atoms with E-state index in [4.69, 9.17) is 4.52 Å². The van der Waals surface area contributed by atoms with Crippen LogP contribution < -0.4 is 5.32 Å². The smallest absolute Gasteiger partial charge is 0.228 e. The Morgan fingerprint density at radius 1 is 1.30 bits per heavy atom. The molecule has 1 aliphatic rings. The van der Waals surface area contributed by atoms with Crippen molar-refractivity contribution >= 4 is 0 Å². The number of nitrogens with zero attached hydrogens (tertiary/aromatic N) is 2. The zero-order chi connectivity index (χ0) is 14.6. The number of nitrogens with one attached hydrogen (secondary N) is 1. The first-order valence-corrected chi connectivity index (χ1v) is 8.06. The van der Waals surface area contributed by atoms with E-state index in [0.717, 1.165) is 31.1 Å². The molecule has 0 bridgehead atoms. The van der Waals surface area contributed by atoms with Crippen LogP contribution in [0.2, 0.25) is 0 Å². The summed E-state index contributed by atoms with van der Waals surface area (Å²) < 4.78 is 5.48. The van der Waals surface area contributed by atoms with Gasteiger partial charge in [0.2, 0.25) is 5.89 Å². The molecular weight excluding hydrogens is 250 g/mol. The molecule has 4 heteroatoms. The van der Waals surface area contributed by atoms with Gasteiger partial charge in [-0.2, -0.15) is 4.98 Å². The van der Waals surface area contributed by atoms with Gasteiger partial charge in [0, 0.05) is 18.4 Å². The van der Waals surface area contributed by atoms with Crippen LogP contribution in [-0.2, 0) is 6.42 Å². The molecule has 0 saturated heterocycles. The van der Waals surface area contributed by atoms with Crippen LogP contribution in [0.4, 0.5) is 0 Å². The molecule has 1 atom stereocenters. The topological polar surface area (TPSA) is 51.0 Å². The van der Waals surface area contributed by atoms with Gasteiger partial charge in [-0.05, 0) is 31.2 Å². The number of hydrogen-bond acceptors (Lipinski definition) is 4. The molecule has 1 aromatic rings. The van der Waals surface area contributed by atoms with E-state index in [-0.39, 0.29) is 5.41 Å². The van der Waals surface area contributed by atoms with E-state index < -0.39 is 0 Å². The highest BCUT2D eigenvalue weighted by atomic mass is 16.5. The van der Waals surface area contributed by atoms with E-state index in [1.165, 1.54) is 25.7 Å². The minimum absolute atomic E-state index is 0.192. The Hall–Kier alpha value is -0.900. The Morgan fingerprint density at radius 3 is 2.60 bits per heavy atom. The van der Waals surface area contributed by atoms with Crippen LogP contribution in [0.3, 0.4) is 0 Å². The fourth-order valence-electron chi connectivity index (χ4n) is 2.88. The normalized spacial score (nSPS) is 18.6. The van der Waals surface area contributed by atoms with Crippen molar-refractivity contribution in [1.82, 2.24) is 15.5 Å². The minimum Gasteiger partial charge on any atom is -0.339 e. The fourth-order valence-corrected chi connectivity index (χ4v) is 2.88. The first-order valence-electron chi connectivity index (χ1n) is 8.06. The Morgan fingerprint density at radius 2 is 2.00 bits per heavy atom. The van der Waals surface area contributed by atoms with Gasteiger partial charge in [-0.25, -0.2) is 0 Å². The lowest BCUT2D eigenvalue weighted by Gasteiger charge is -2.30. The van der Waals surface area contributed by atoms with Gasteiger partial charge in [0.05, 0.1) is 0 Å². The van der Waals surface area contributed by atoms with E-state index in [1.54, 1.807) is 0 Å². The first-order chi connectivity index (χ1) is 9.50. The third-order valence-electron chi connectivity index (χ3n) is 4.27. The van der Waals surface area contributed by atoms with E-state index in [2.05, 4.69) is 43.2 Å². The van der Waals surface area contributed by atoms with Crippen LogP contribution in [0.25, 0.3) is 0 Å². The van der Waals surface area contributed by atoms with Gasteiger partial charge < -0.3 is 9.84 Å². The zero-order valence-corrected chi connectivity index (χ0v) is 13.4. The van der Waals surface area contributed by atoms with E-state index >= 15 is 0 Å². The second kappa shape index (κ2) is 6.70. The fraction of sp³-hybridized carbons (Fsp3) is 0.875. The SMILES string of the molecule is CCCNC(Cc1nc(C2CCCC2)no1)C(C)(C)C. The van der Waals surface area contributed by atoms with Crippen LogP contribution in [0.15, 0.2) is 4.52 Å². The molecule has 1 fully saturated rings. The van der Waals surface area contributed by atoms with Crippen molar-refractivity contribution in [3.05, 3.63) is 11.7 Å². The van der Waals surface area contributed by atoms with Crippen molar-refractivity contribution in [2.75, 3.05) is 6.54 Å². The Bertz CT molecular complexity index is 402. The van der Waals surface area contributed by atoms with Crippen molar-refractivity contribution in [3.63, 3.8) is 0 Å². The van der Waals surface area contributed by atoms with E-state index in [1.807, 2.05) is 0 Å². The highest BCUT2D eigenvalue weighted by molar-refractivity contribution is 4.99. The molecule has 0 spiro atoms. The van der Waals surface area contributed by atoms with Crippen molar-refractivity contribution in [2.45, 2.75) is 78.2 Å². The highest BCUT2D eigenvalue weighted by Gasteiger charge is 2.28. The lowest BCUT2D eigenvalue weighted by Crippen LogP contribution is -2.42. The zero-order valence-electron chi connectivity index (χ0n) is 13.4. The summed E-state index contributed by atoms with van der Waals surface area (Å²) in [7, 11) is 0. The summed E-state index contributed by atoms with van der Waals surface area (Å²) in [6.07, 6.45) is 7.01. The second-order valence-electron chi connectivity index (χ2n) is 7.10. The van der Waals surface area contributed by atoms with Gasteiger partial charge in [-0.3, -0.25) is 0 Å². The summed E-state index contributed by atoms with van der Waals surface area (Å²) in [5.41, 5.74) is 0.192. The monoisotopic (exact) mass is 279 g/mol. The maximum atomic E-state index is 5.48. The molecule has 1 N–H and O–H groups in total. The number of rotatable bonds is 6. The summed E-state index contributed by atoms with van der Waals surface area (Å²) in [6, 6.07) is 0.374. The summed E-state index contributed by atoms with van der Waals surface area (Å²) >= 11 is 0. The lowest BCUT2D eigenvalue weighted by molar-refractivity contribution is 0.244. The van der Waals surface area contributed by atoms with Crippen LogP contribution in [0.1, 0.15) is 77.4 Å². The van der Waals surface area contributed by atoms with Crippen LogP contribution >= 0.6 is 0 Å². The molecule has 0 aromatic carbocycles. The summed E-state index contributed by atoms with van der Waals surface area (Å²) in [5.74, 6) is 2.25. The molecule has 20 heavy (non-hydrogen) atoms. The minimum atomic E-state index is 0.192. The van der Waals surface area contributed by atoms with Crippen molar-refractivity contribution in [2.24, 2.45) is 5.41 Å². The molecule has 114 valence electrons. The Kier molecular flexibility index (Phi) is 5.19. The molecule has 1 aromatic heterocycles. The predicted octanol–water partition coefficient (Wildman–Crippen LogP) is 3.68. The summed E-state index contributed by atoms with van der Waals surface area (Å²) in [6.45, 7) is 10.0. The van der Waals surface area contributed by atoms with Gasteiger partial charge in [0.25, 0.3) is 0 Å². The van der Waals surface area contributed by atoms with Gasteiger partial charge in [0.15, 0.2) is 5.82 Å². The van der Waals surface area contributed by atoms with Crippen LogP contribution in [0, 0.1) is 5.41 Å². The maximum Gasteiger partial charge on any atom is 0.228 e. The predicted molar refractivity (Wildman–Crippen MR) is 80.7 cm³/mol. The lowest BCUT2D eigenvalue weighted by atomic mass is 9.84. The molecule has 1 aliphatic carbocycles. The van der Waals surface area contributed by atoms with Crippen LogP contribution in [-0.4, -0.2) is 22.7 Å². The second-order valence-corrected chi connectivity index (χ2v) is 7.10. The molecule has 2 rings (SSSR count). The quantitative estimate of drug-likeness (QED) is 0.863. The van der Waals surface area contributed by atoms with Crippen molar-refractivity contribution in [1.29, 1.82) is 0 Å². The molecular formula is C16H29N3O.